The summed E-state index contributed by atoms with van der Waals surface area (Å²) < 4.78 is 0. The molecular formula is C23H21N3O6. The van der Waals surface area contributed by atoms with Crippen molar-refractivity contribution in [3.8, 4) is 5.75 Å². The van der Waals surface area contributed by atoms with Gasteiger partial charge in [0.25, 0.3) is 11.8 Å². The number of carbonyl (C=O) groups excluding carboxylic acids is 2. The highest BCUT2D eigenvalue weighted by molar-refractivity contribution is 6.26. The summed E-state index contributed by atoms with van der Waals surface area (Å²) in [6.45, 7) is -1.60. The third-order valence-corrected chi connectivity index (χ3v) is 5.44. The van der Waals surface area contributed by atoms with E-state index in [-0.39, 0.29) is 16.9 Å². The van der Waals surface area contributed by atoms with E-state index >= 15 is 0 Å². The summed E-state index contributed by atoms with van der Waals surface area (Å²) in [4.78, 5) is 26.1. The number of aliphatic hydroxyl groups excluding tert-OH is 3. The number of phenolic OH excluding ortho intramolecular Hbond substituents is 1. The zero-order valence-corrected chi connectivity index (χ0v) is 16.9. The van der Waals surface area contributed by atoms with E-state index in [9.17, 15) is 30.0 Å². The van der Waals surface area contributed by atoms with Crippen molar-refractivity contribution in [2.75, 3.05) is 25.1 Å². The van der Waals surface area contributed by atoms with E-state index in [4.69, 9.17) is 0 Å². The predicted octanol–water partition coefficient (Wildman–Crippen LogP) is 1.30. The van der Waals surface area contributed by atoms with Crippen LogP contribution in [0.3, 0.4) is 0 Å². The SMILES string of the molecule is O=C1c2cccc3c(NC(CO)(CO)CO)ccc(c23)C(=O)N1/N=C\c1ccccc1O. The van der Waals surface area contributed by atoms with Gasteiger partial charge in [0.15, 0.2) is 0 Å². The fraction of sp³-hybridized carbons (Fsp3) is 0.174. The maximum absolute atomic E-state index is 13.1. The van der Waals surface area contributed by atoms with Crippen molar-refractivity contribution in [1.82, 2.24) is 5.01 Å². The molecule has 3 aromatic carbocycles. The number of nitrogens with zero attached hydrogens (tertiary/aromatic N) is 2. The molecule has 0 fully saturated rings. The van der Waals surface area contributed by atoms with Crippen LogP contribution in [0.25, 0.3) is 10.8 Å². The van der Waals surface area contributed by atoms with E-state index in [0.717, 1.165) is 5.01 Å². The topological polar surface area (TPSA) is 143 Å². The first kappa shape index (κ1) is 21.4. The van der Waals surface area contributed by atoms with Crippen molar-refractivity contribution in [2.45, 2.75) is 5.54 Å². The minimum atomic E-state index is -1.38. The number of anilines is 1. The highest BCUT2D eigenvalue weighted by atomic mass is 16.3. The molecule has 1 aliphatic heterocycles. The van der Waals surface area contributed by atoms with Crippen LogP contribution in [0.2, 0.25) is 0 Å². The second-order valence-electron chi connectivity index (χ2n) is 7.49. The number of aromatic hydroxyl groups is 1. The number of carbonyl (C=O) groups is 2. The Morgan fingerprint density at radius 2 is 1.53 bits per heavy atom. The van der Waals surface area contributed by atoms with Crippen molar-refractivity contribution in [3.05, 3.63) is 71.3 Å². The Balaban J connectivity index is 1.78. The van der Waals surface area contributed by atoms with Crippen LogP contribution >= 0.6 is 0 Å². The lowest BCUT2D eigenvalue weighted by atomic mass is 9.92. The average molecular weight is 435 g/mol. The number of benzene rings is 3. The number of aliphatic hydroxyl groups is 3. The molecular weight excluding hydrogens is 414 g/mol. The molecule has 5 N–H and O–H groups in total. The molecule has 0 radical (unpaired) electrons. The second-order valence-corrected chi connectivity index (χ2v) is 7.49. The van der Waals surface area contributed by atoms with Gasteiger partial charge in [-0.15, -0.1) is 0 Å². The maximum Gasteiger partial charge on any atom is 0.282 e. The van der Waals surface area contributed by atoms with Gasteiger partial charge < -0.3 is 25.7 Å². The minimum absolute atomic E-state index is 0.0356. The predicted molar refractivity (Wildman–Crippen MR) is 118 cm³/mol. The summed E-state index contributed by atoms with van der Waals surface area (Å²) in [7, 11) is 0. The van der Waals surface area contributed by atoms with Gasteiger partial charge in [-0.1, -0.05) is 24.3 Å². The number of rotatable bonds is 7. The Morgan fingerprint density at radius 1 is 0.875 bits per heavy atom. The van der Waals surface area contributed by atoms with Crippen molar-refractivity contribution in [1.29, 1.82) is 0 Å². The number of para-hydroxylation sites is 1. The molecule has 1 aliphatic rings. The van der Waals surface area contributed by atoms with Crippen LogP contribution in [0.1, 0.15) is 26.3 Å². The Hall–Kier alpha value is -3.79. The Labute approximate surface area is 182 Å². The van der Waals surface area contributed by atoms with Crippen molar-refractivity contribution < 1.29 is 30.0 Å². The average Bonchev–Trinajstić information content (AvgIpc) is 2.82. The van der Waals surface area contributed by atoms with Crippen LogP contribution in [0.5, 0.6) is 5.75 Å². The molecule has 164 valence electrons. The van der Waals surface area contributed by atoms with Crippen molar-refractivity contribution in [2.24, 2.45) is 5.10 Å². The summed E-state index contributed by atoms with van der Waals surface area (Å²) in [6, 6.07) is 14.4. The lowest BCUT2D eigenvalue weighted by molar-refractivity contribution is 0.0616. The summed E-state index contributed by atoms with van der Waals surface area (Å²) in [5.41, 5.74) is -0.0913. The van der Waals surface area contributed by atoms with Gasteiger partial charge in [0, 0.05) is 22.0 Å². The molecule has 0 aliphatic carbocycles. The molecule has 0 unspecified atom stereocenters. The number of imide groups is 1. The Morgan fingerprint density at radius 3 is 2.19 bits per heavy atom. The lowest BCUT2D eigenvalue weighted by Gasteiger charge is -2.31. The zero-order valence-electron chi connectivity index (χ0n) is 16.9. The minimum Gasteiger partial charge on any atom is -0.507 e. The molecule has 2 amide bonds. The van der Waals surface area contributed by atoms with Crippen LogP contribution in [0.4, 0.5) is 5.69 Å². The summed E-state index contributed by atoms with van der Waals surface area (Å²) in [6.07, 6.45) is 1.24. The highest BCUT2D eigenvalue weighted by Crippen LogP contribution is 2.35. The van der Waals surface area contributed by atoms with Crippen LogP contribution in [0, 0.1) is 0 Å². The standard InChI is InChI=1S/C23H21N3O6/c27-11-23(12-28,13-29)25-18-9-8-17-20-15(18)5-3-6-16(20)21(31)26(22(17)32)24-10-14-4-1-2-7-19(14)30/h1-10,25,27-30H,11-13H2/b24-10-. The first-order chi connectivity index (χ1) is 15.4. The first-order valence-corrected chi connectivity index (χ1v) is 9.82. The van der Waals surface area contributed by atoms with E-state index < -0.39 is 37.2 Å². The Kier molecular flexibility index (Phi) is 5.62. The molecule has 0 atom stereocenters. The summed E-state index contributed by atoms with van der Waals surface area (Å²) in [5, 5.41) is 47.4. The fourth-order valence-electron chi connectivity index (χ4n) is 3.57. The van der Waals surface area contributed by atoms with E-state index in [1.165, 1.54) is 18.3 Å². The number of hydrogen-bond donors (Lipinski definition) is 5. The lowest BCUT2D eigenvalue weighted by Crippen LogP contribution is -2.49. The van der Waals surface area contributed by atoms with Gasteiger partial charge >= 0.3 is 0 Å². The van der Waals surface area contributed by atoms with Gasteiger partial charge in [-0.2, -0.15) is 10.1 Å². The summed E-state index contributed by atoms with van der Waals surface area (Å²) >= 11 is 0. The smallest absolute Gasteiger partial charge is 0.282 e. The first-order valence-electron chi connectivity index (χ1n) is 9.82. The van der Waals surface area contributed by atoms with E-state index in [1.54, 1.807) is 42.5 Å². The van der Waals surface area contributed by atoms with Gasteiger partial charge in [-0.05, 0) is 30.3 Å². The maximum atomic E-state index is 13.1. The molecule has 3 aromatic rings. The van der Waals surface area contributed by atoms with Crippen LogP contribution in [-0.4, -0.2) is 68.8 Å². The highest BCUT2D eigenvalue weighted by Gasteiger charge is 2.35. The number of nitrogens with one attached hydrogen (secondary N) is 1. The molecule has 4 rings (SSSR count). The summed E-state index contributed by atoms with van der Waals surface area (Å²) in [5.74, 6) is -1.30. The number of phenols is 1. The normalized spacial score (nSPS) is 13.9. The van der Waals surface area contributed by atoms with Crippen molar-refractivity contribution in [3.63, 3.8) is 0 Å². The molecule has 0 saturated heterocycles. The van der Waals surface area contributed by atoms with E-state index in [0.29, 0.717) is 22.0 Å². The second kappa shape index (κ2) is 8.39. The van der Waals surface area contributed by atoms with E-state index in [2.05, 4.69) is 10.4 Å². The molecule has 0 aromatic heterocycles. The van der Waals surface area contributed by atoms with Gasteiger partial charge in [0.05, 0.1) is 37.2 Å². The monoisotopic (exact) mass is 435 g/mol. The van der Waals surface area contributed by atoms with Gasteiger partial charge in [-0.25, -0.2) is 0 Å². The zero-order chi connectivity index (χ0) is 22.9. The van der Waals surface area contributed by atoms with Crippen LogP contribution in [0.15, 0.2) is 59.7 Å². The van der Waals surface area contributed by atoms with Crippen LogP contribution in [-0.2, 0) is 0 Å². The molecule has 9 heteroatoms. The Bertz CT molecular complexity index is 1210. The largest absolute Gasteiger partial charge is 0.507 e. The third-order valence-electron chi connectivity index (χ3n) is 5.44. The van der Waals surface area contributed by atoms with Gasteiger partial charge in [-0.3, -0.25) is 9.59 Å². The number of hydrogen-bond acceptors (Lipinski definition) is 8. The number of hydrazone groups is 1. The molecule has 32 heavy (non-hydrogen) atoms. The van der Waals surface area contributed by atoms with Crippen LogP contribution < -0.4 is 5.32 Å². The van der Waals surface area contributed by atoms with Crippen molar-refractivity contribution >= 4 is 34.5 Å². The van der Waals surface area contributed by atoms with Gasteiger partial charge in [0.1, 0.15) is 11.3 Å². The fourth-order valence-corrected chi connectivity index (χ4v) is 3.57. The number of amides is 2. The quantitative estimate of drug-likeness (QED) is 0.278. The van der Waals surface area contributed by atoms with Gasteiger partial charge in [0.2, 0.25) is 0 Å². The third kappa shape index (κ3) is 3.48. The molecule has 1 heterocycles. The molecule has 0 bridgehead atoms. The molecule has 0 saturated carbocycles. The van der Waals surface area contributed by atoms with E-state index in [1.807, 2.05) is 0 Å². The molecule has 9 nitrogen and oxygen atoms in total. The molecule has 0 spiro atoms.